The summed E-state index contributed by atoms with van der Waals surface area (Å²) in [4.78, 5) is 36.9. The van der Waals surface area contributed by atoms with E-state index < -0.39 is 29.7 Å². The first-order valence-corrected chi connectivity index (χ1v) is 11.4. The molecule has 0 aliphatic carbocycles. The molecule has 4 N–H and O–H groups in total. The number of nitrogens with one attached hydrogen (secondary N) is 2. The number of halogens is 3. The van der Waals surface area contributed by atoms with E-state index in [1.165, 1.54) is 25.4 Å². The van der Waals surface area contributed by atoms with Crippen LogP contribution in [0.1, 0.15) is 45.4 Å². The number of pyridine rings is 2. The minimum Gasteiger partial charge on any atom is -0.494 e. The molecule has 0 aliphatic heterocycles. The SMILES string of the molecule is COc1ccc(-c2nc(C(=O)NCCNC(=O)c3ccccn3)c([C@H](C)N)o2)c2ccc(C(F)(F)F)nc12. The number of carbonyl (C=O) groups is 2. The molecular formula is C25H23F3N6O4. The van der Waals surface area contributed by atoms with Gasteiger partial charge in [-0.15, -0.1) is 0 Å². The second-order valence-electron chi connectivity index (χ2n) is 8.15. The van der Waals surface area contributed by atoms with Crippen LogP contribution >= 0.6 is 0 Å². The van der Waals surface area contributed by atoms with E-state index in [1.807, 2.05) is 0 Å². The Morgan fingerprint density at radius 3 is 2.42 bits per heavy atom. The molecule has 3 heterocycles. The van der Waals surface area contributed by atoms with E-state index in [1.54, 1.807) is 31.2 Å². The lowest BCUT2D eigenvalue weighted by Gasteiger charge is -2.11. The van der Waals surface area contributed by atoms with Gasteiger partial charge >= 0.3 is 6.18 Å². The summed E-state index contributed by atoms with van der Waals surface area (Å²) >= 11 is 0. The molecule has 2 amide bonds. The number of hydrogen-bond donors (Lipinski definition) is 3. The fraction of sp³-hybridized carbons (Fsp3) is 0.240. The largest absolute Gasteiger partial charge is 0.494 e. The van der Waals surface area contributed by atoms with Crippen LogP contribution in [0.15, 0.2) is 53.1 Å². The number of rotatable bonds is 8. The molecule has 0 spiro atoms. The summed E-state index contributed by atoms with van der Waals surface area (Å²) < 4.78 is 50.7. The third kappa shape index (κ3) is 5.57. The van der Waals surface area contributed by atoms with Gasteiger partial charge in [0.1, 0.15) is 22.7 Å². The zero-order chi connectivity index (χ0) is 27.4. The number of amides is 2. The van der Waals surface area contributed by atoms with Crippen LogP contribution in [0.4, 0.5) is 13.2 Å². The Bertz CT molecular complexity index is 1470. The van der Waals surface area contributed by atoms with E-state index in [-0.39, 0.29) is 52.8 Å². The van der Waals surface area contributed by atoms with Crippen molar-refractivity contribution in [3.05, 3.63) is 71.5 Å². The van der Waals surface area contributed by atoms with Gasteiger partial charge < -0.3 is 25.5 Å². The molecular weight excluding hydrogens is 505 g/mol. The number of oxazole rings is 1. The summed E-state index contributed by atoms with van der Waals surface area (Å²) in [5.74, 6) is -0.818. The van der Waals surface area contributed by atoms with Crippen LogP contribution < -0.4 is 21.1 Å². The topological polar surface area (TPSA) is 145 Å². The fourth-order valence-electron chi connectivity index (χ4n) is 3.64. The number of nitrogens with zero attached hydrogens (tertiary/aromatic N) is 3. The molecule has 0 radical (unpaired) electrons. The molecule has 1 atom stereocenters. The van der Waals surface area contributed by atoms with E-state index in [0.29, 0.717) is 5.56 Å². The van der Waals surface area contributed by atoms with Gasteiger partial charge in [0.05, 0.1) is 13.2 Å². The van der Waals surface area contributed by atoms with Crippen molar-refractivity contribution in [2.75, 3.05) is 20.2 Å². The molecule has 3 aromatic heterocycles. The van der Waals surface area contributed by atoms with E-state index in [0.717, 1.165) is 6.07 Å². The monoisotopic (exact) mass is 528 g/mol. The minimum absolute atomic E-state index is 0.0277. The lowest BCUT2D eigenvalue weighted by atomic mass is 10.1. The molecule has 0 fully saturated rings. The first kappa shape index (κ1) is 26.5. The summed E-state index contributed by atoms with van der Waals surface area (Å²) in [6.07, 6.45) is -3.16. The number of hydrogen-bond acceptors (Lipinski definition) is 8. The lowest BCUT2D eigenvalue weighted by Crippen LogP contribution is -2.35. The highest BCUT2D eigenvalue weighted by atomic mass is 19.4. The molecule has 10 nitrogen and oxygen atoms in total. The molecule has 0 unspecified atom stereocenters. The van der Waals surface area contributed by atoms with Gasteiger partial charge in [0.25, 0.3) is 11.8 Å². The zero-order valence-corrected chi connectivity index (χ0v) is 20.3. The van der Waals surface area contributed by atoms with Gasteiger partial charge in [-0.3, -0.25) is 14.6 Å². The standard InChI is InChI=1S/C25H23F3N6O4/c1-13(29)21-20(23(36)32-12-11-31-22(35)16-5-3-4-10-30-16)34-24(38-21)15-6-8-17(37-2)19-14(15)7-9-18(33-19)25(26,27)28/h3-10,13H,11-12,29H2,1-2H3,(H,31,35)(H,32,36)/t13-/m0/s1. The van der Waals surface area contributed by atoms with E-state index in [4.69, 9.17) is 14.9 Å². The summed E-state index contributed by atoms with van der Waals surface area (Å²) in [5.41, 5.74) is 5.31. The van der Waals surface area contributed by atoms with Gasteiger partial charge in [-0.25, -0.2) is 9.97 Å². The molecule has 198 valence electrons. The van der Waals surface area contributed by atoms with Crippen molar-refractivity contribution in [1.29, 1.82) is 0 Å². The molecule has 4 rings (SSSR count). The highest BCUT2D eigenvalue weighted by molar-refractivity contribution is 5.98. The molecule has 0 aliphatic rings. The molecule has 0 bridgehead atoms. The maximum absolute atomic E-state index is 13.2. The molecule has 38 heavy (non-hydrogen) atoms. The number of aromatic nitrogens is 3. The van der Waals surface area contributed by atoms with E-state index in [9.17, 15) is 22.8 Å². The summed E-state index contributed by atoms with van der Waals surface area (Å²) in [6.45, 7) is 1.79. The van der Waals surface area contributed by atoms with Crippen molar-refractivity contribution in [3.63, 3.8) is 0 Å². The van der Waals surface area contributed by atoms with Gasteiger partial charge in [-0.2, -0.15) is 13.2 Å². The van der Waals surface area contributed by atoms with Crippen molar-refractivity contribution in [1.82, 2.24) is 25.6 Å². The first-order valence-electron chi connectivity index (χ1n) is 11.4. The highest BCUT2D eigenvalue weighted by Gasteiger charge is 2.33. The number of fused-ring (bicyclic) bond motifs is 1. The van der Waals surface area contributed by atoms with Gasteiger partial charge in [0, 0.05) is 30.2 Å². The van der Waals surface area contributed by atoms with Crippen LogP contribution in [0.2, 0.25) is 0 Å². The smallest absolute Gasteiger partial charge is 0.433 e. The molecule has 1 aromatic carbocycles. The van der Waals surface area contributed by atoms with Crippen LogP contribution in [0.5, 0.6) is 5.75 Å². The fourth-order valence-corrected chi connectivity index (χ4v) is 3.64. The number of benzene rings is 1. The minimum atomic E-state index is -4.65. The van der Waals surface area contributed by atoms with Crippen LogP contribution in [0, 0.1) is 0 Å². The molecule has 13 heteroatoms. The summed E-state index contributed by atoms with van der Waals surface area (Å²) in [6, 6.07) is 9.26. The molecule has 0 saturated carbocycles. The Morgan fingerprint density at radius 1 is 1.05 bits per heavy atom. The molecule has 0 saturated heterocycles. The van der Waals surface area contributed by atoms with Crippen molar-refractivity contribution < 1.29 is 31.9 Å². The predicted molar refractivity (Wildman–Crippen MR) is 130 cm³/mol. The van der Waals surface area contributed by atoms with Crippen molar-refractivity contribution in [3.8, 4) is 17.2 Å². The Balaban J connectivity index is 1.58. The Labute approximate surface area is 214 Å². The first-order chi connectivity index (χ1) is 18.1. The second kappa shape index (κ2) is 10.8. The Morgan fingerprint density at radius 2 is 1.79 bits per heavy atom. The van der Waals surface area contributed by atoms with Crippen molar-refractivity contribution in [2.24, 2.45) is 5.73 Å². The Hall–Kier alpha value is -4.52. The van der Waals surface area contributed by atoms with Gasteiger partial charge in [0.2, 0.25) is 5.89 Å². The number of carbonyl (C=O) groups excluding carboxylic acids is 2. The summed E-state index contributed by atoms with van der Waals surface area (Å²) in [7, 11) is 1.32. The normalized spacial score (nSPS) is 12.3. The second-order valence-corrected chi connectivity index (χ2v) is 8.15. The van der Waals surface area contributed by atoms with E-state index in [2.05, 4.69) is 25.6 Å². The maximum Gasteiger partial charge on any atom is 0.433 e. The van der Waals surface area contributed by atoms with Crippen molar-refractivity contribution >= 4 is 22.7 Å². The molecule has 4 aromatic rings. The Kier molecular flexibility index (Phi) is 7.57. The number of alkyl halides is 3. The van der Waals surface area contributed by atoms with Crippen LogP contribution in [0.25, 0.3) is 22.4 Å². The van der Waals surface area contributed by atoms with Crippen molar-refractivity contribution in [2.45, 2.75) is 19.1 Å². The van der Waals surface area contributed by atoms with Crippen LogP contribution in [-0.2, 0) is 6.18 Å². The maximum atomic E-state index is 13.2. The number of methoxy groups -OCH3 is 1. The third-order valence-corrected chi connectivity index (χ3v) is 5.44. The van der Waals surface area contributed by atoms with Crippen LogP contribution in [-0.4, -0.2) is 47.0 Å². The number of nitrogens with two attached hydrogens (primary N) is 1. The van der Waals surface area contributed by atoms with Gasteiger partial charge in [-0.1, -0.05) is 6.07 Å². The zero-order valence-electron chi connectivity index (χ0n) is 20.3. The van der Waals surface area contributed by atoms with Gasteiger partial charge in [0.15, 0.2) is 11.5 Å². The quantitative estimate of drug-likeness (QED) is 0.295. The summed E-state index contributed by atoms with van der Waals surface area (Å²) in [5, 5.41) is 5.55. The third-order valence-electron chi connectivity index (χ3n) is 5.44. The van der Waals surface area contributed by atoms with Gasteiger partial charge in [-0.05, 0) is 43.3 Å². The highest BCUT2D eigenvalue weighted by Crippen LogP contribution is 2.37. The van der Waals surface area contributed by atoms with Crippen LogP contribution in [0.3, 0.4) is 0 Å². The lowest BCUT2D eigenvalue weighted by molar-refractivity contribution is -0.140. The predicted octanol–water partition coefficient (Wildman–Crippen LogP) is 3.49. The van der Waals surface area contributed by atoms with E-state index >= 15 is 0 Å². The number of ether oxygens (including phenoxy) is 1. The average Bonchev–Trinajstić information content (AvgIpc) is 3.36. The average molecular weight is 528 g/mol.